The summed E-state index contributed by atoms with van der Waals surface area (Å²) in [4.78, 5) is 4.63. The van der Waals surface area contributed by atoms with E-state index in [0.29, 0.717) is 27.8 Å². The van der Waals surface area contributed by atoms with Crippen molar-refractivity contribution in [1.82, 2.24) is 14.1 Å². The number of aromatic nitrogens is 3. The van der Waals surface area contributed by atoms with Crippen molar-refractivity contribution in [2.24, 2.45) is 0 Å². The van der Waals surface area contributed by atoms with Crippen molar-refractivity contribution < 1.29 is 0 Å². The molecule has 290 valence electrons. The average Bonchev–Trinajstić information content (AvgIpc) is 3.87. The summed E-state index contributed by atoms with van der Waals surface area (Å²) in [5.74, 6) is 0. The molecule has 10 rings (SSSR count). The lowest BCUT2D eigenvalue weighted by Gasteiger charge is -2.18. The second-order valence-electron chi connectivity index (χ2n) is 15.0. The second-order valence-corrected chi connectivity index (χ2v) is 15.0. The van der Waals surface area contributed by atoms with Crippen molar-refractivity contribution in [2.45, 2.75) is 0 Å². The van der Waals surface area contributed by atoms with Gasteiger partial charge in [-0.2, -0.15) is 36.8 Å². The normalized spacial score (nSPS) is 10.7. The molecule has 0 radical (unpaired) electrons. The van der Waals surface area contributed by atoms with Gasteiger partial charge in [-0.1, -0.05) is 54.6 Å². The van der Waals surface area contributed by atoms with Crippen molar-refractivity contribution in [3.8, 4) is 87.2 Å². The van der Waals surface area contributed by atoms with E-state index in [9.17, 15) is 36.8 Å². The summed E-state index contributed by atoms with van der Waals surface area (Å²) in [6.45, 7) is 0. The molecule has 3 aromatic heterocycles. The Morgan fingerprint density at radius 2 is 0.797 bits per heavy atom. The van der Waals surface area contributed by atoms with E-state index >= 15 is 0 Å². The lowest BCUT2D eigenvalue weighted by molar-refractivity contribution is 1.13. The third kappa shape index (κ3) is 5.78. The molecule has 0 fully saturated rings. The molecule has 7 aromatic carbocycles. The fraction of sp³-hybridized carbons (Fsp3) is 0. The van der Waals surface area contributed by atoms with Crippen molar-refractivity contribution in [2.75, 3.05) is 0 Å². The monoisotopic (exact) mass is 812 g/mol. The minimum absolute atomic E-state index is 0.224. The van der Waals surface area contributed by atoms with Crippen molar-refractivity contribution in [1.29, 1.82) is 36.8 Å². The number of nitriles is 7. The van der Waals surface area contributed by atoms with Crippen LogP contribution >= 0.6 is 0 Å². The fourth-order valence-corrected chi connectivity index (χ4v) is 8.97. The second kappa shape index (κ2) is 15.1. The summed E-state index contributed by atoms with van der Waals surface area (Å²) >= 11 is 0. The molecule has 0 saturated carbocycles. The Labute approximate surface area is 365 Å². The third-order valence-electron chi connectivity index (χ3n) is 11.6. The predicted octanol–water partition coefficient (Wildman–Crippen LogP) is 11.4. The zero-order valence-electron chi connectivity index (χ0n) is 33.3. The summed E-state index contributed by atoms with van der Waals surface area (Å²) in [6.07, 6.45) is 3.55. The van der Waals surface area contributed by atoms with Crippen LogP contribution < -0.4 is 0 Å². The Kier molecular flexibility index (Phi) is 8.94. The van der Waals surface area contributed by atoms with E-state index < -0.39 is 0 Å². The molecule has 0 spiro atoms. The molecule has 0 amide bonds. The maximum Gasteiger partial charge on any atom is 0.0999 e. The number of benzene rings is 7. The molecule has 0 saturated heterocycles. The van der Waals surface area contributed by atoms with E-state index in [0.717, 1.165) is 66.1 Å². The number of pyridine rings is 1. The van der Waals surface area contributed by atoms with Gasteiger partial charge < -0.3 is 9.13 Å². The van der Waals surface area contributed by atoms with E-state index in [1.807, 2.05) is 121 Å². The zero-order valence-corrected chi connectivity index (χ0v) is 33.3. The largest absolute Gasteiger partial charge is 0.309 e. The molecule has 0 atom stereocenters. The van der Waals surface area contributed by atoms with E-state index in [-0.39, 0.29) is 33.4 Å². The van der Waals surface area contributed by atoms with Crippen LogP contribution in [0.1, 0.15) is 38.9 Å². The van der Waals surface area contributed by atoms with Gasteiger partial charge in [0.15, 0.2) is 0 Å². The molecule has 10 aromatic rings. The highest BCUT2D eigenvalue weighted by molar-refractivity contribution is 6.13. The molecule has 0 aliphatic heterocycles. The van der Waals surface area contributed by atoms with E-state index in [4.69, 9.17) is 0 Å². The van der Waals surface area contributed by atoms with Gasteiger partial charge in [-0.05, 0) is 90.0 Å². The van der Waals surface area contributed by atoms with Gasteiger partial charge in [0.05, 0.1) is 121 Å². The van der Waals surface area contributed by atoms with Crippen LogP contribution in [0.2, 0.25) is 0 Å². The summed E-state index contributed by atoms with van der Waals surface area (Å²) in [7, 11) is 0. The summed E-state index contributed by atoms with van der Waals surface area (Å²) in [5, 5.41) is 73.5. The van der Waals surface area contributed by atoms with Gasteiger partial charge in [0.1, 0.15) is 0 Å². The van der Waals surface area contributed by atoms with Gasteiger partial charge in [0.25, 0.3) is 0 Å². The summed E-state index contributed by atoms with van der Waals surface area (Å²) in [6, 6.07) is 56.3. The third-order valence-corrected chi connectivity index (χ3v) is 11.6. The number of hydrogen-bond donors (Lipinski definition) is 0. The number of rotatable bonds is 5. The molecule has 0 unspecified atom stereocenters. The predicted molar refractivity (Wildman–Crippen MR) is 242 cm³/mol. The van der Waals surface area contributed by atoms with Crippen LogP contribution in [0.25, 0.3) is 88.4 Å². The lowest BCUT2D eigenvalue weighted by Crippen LogP contribution is -2.02. The van der Waals surface area contributed by atoms with Gasteiger partial charge in [-0.25, -0.2) is 0 Å². The van der Waals surface area contributed by atoms with Gasteiger partial charge >= 0.3 is 0 Å². The van der Waals surface area contributed by atoms with Crippen molar-refractivity contribution in [3.05, 3.63) is 185 Å². The van der Waals surface area contributed by atoms with Crippen LogP contribution in [-0.2, 0) is 0 Å². The first kappa shape index (κ1) is 38.0. The molecular weight excluding hydrogens is 789 g/mol. The van der Waals surface area contributed by atoms with Crippen LogP contribution in [0.4, 0.5) is 0 Å². The van der Waals surface area contributed by atoms with Gasteiger partial charge in [0.2, 0.25) is 0 Å². The van der Waals surface area contributed by atoms with Crippen molar-refractivity contribution >= 4 is 43.6 Å². The summed E-state index contributed by atoms with van der Waals surface area (Å²) in [5.41, 5.74) is 10.6. The van der Waals surface area contributed by atoms with Crippen LogP contribution in [0.15, 0.2) is 146 Å². The topological polar surface area (TPSA) is 189 Å². The zero-order chi connectivity index (χ0) is 44.1. The minimum Gasteiger partial charge on any atom is -0.309 e. The molecule has 0 N–H and O–H groups in total. The fourth-order valence-electron chi connectivity index (χ4n) is 8.97. The quantitative estimate of drug-likeness (QED) is 0.164. The standard InChI is InChI=1S/C54H24N10/c55-24-32-9-12-43(51(21-32)63-47-7-3-1-5-41(47)45-22-35(10-13-49(45)63)53-37(27-58)17-33(25-56)18-38(53)28-59)44-15-16-62-31-52(44)64-48-8-4-2-6-42(48)46-23-36(11-14-50(46)64)54-39(29-60)19-34(26-57)20-40(54)30-61/h1-23,31H. The highest BCUT2D eigenvalue weighted by atomic mass is 15.0. The van der Waals surface area contributed by atoms with Crippen molar-refractivity contribution in [3.63, 3.8) is 0 Å². The average molecular weight is 813 g/mol. The highest BCUT2D eigenvalue weighted by Crippen LogP contribution is 2.43. The maximum absolute atomic E-state index is 10.3. The first-order valence-corrected chi connectivity index (χ1v) is 19.8. The number of fused-ring (bicyclic) bond motifs is 6. The molecule has 10 nitrogen and oxygen atoms in total. The maximum atomic E-state index is 10.3. The number of hydrogen-bond acceptors (Lipinski definition) is 8. The smallest absolute Gasteiger partial charge is 0.0999 e. The molecule has 0 aliphatic carbocycles. The van der Waals surface area contributed by atoms with E-state index in [1.165, 1.54) is 24.3 Å². The Morgan fingerprint density at radius 1 is 0.359 bits per heavy atom. The highest BCUT2D eigenvalue weighted by Gasteiger charge is 2.23. The Hall–Kier alpha value is -10.3. The molecule has 10 heteroatoms. The van der Waals surface area contributed by atoms with Gasteiger partial charge in [-0.3, -0.25) is 4.98 Å². The lowest BCUT2D eigenvalue weighted by atomic mass is 9.92. The SMILES string of the molecule is N#Cc1cc(C#N)c(-c2ccc3c(c2)c2ccccc2n3-c2cnccc2-c2ccc(C#N)cc2-n2c3ccccc3c3cc(-c4c(C#N)cc(C#N)cc4C#N)ccc32)c(C#N)c1. The summed E-state index contributed by atoms with van der Waals surface area (Å²) < 4.78 is 4.27. The van der Waals surface area contributed by atoms with Crippen LogP contribution in [-0.4, -0.2) is 14.1 Å². The van der Waals surface area contributed by atoms with Crippen LogP contribution in [0.5, 0.6) is 0 Å². The van der Waals surface area contributed by atoms with E-state index in [1.54, 1.807) is 12.3 Å². The molecule has 0 aliphatic rings. The molecule has 64 heavy (non-hydrogen) atoms. The Bertz CT molecular complexity index is 3930. The molecule has 3 heterocycles. The Morgan fingerprint density at radius 3 is 1.27 bits per heavy atom. The van der Waals surface area contributed by atoms with E-state index in [2.05, 4.69) is 44.5 Å². The van der Waals surface area contributed by atoms with Gasteiger partial charge in [0, 0.05) is 50.0 Å². The first-order chi connectivity index (χ1) is 31.4. The molecular formula is C54H24N10. The minimum atomic E-state index is 0.224. The van der Waals surface area contributed by atoms with Gasteiger partial charge in [-0.15, -0.1) is 0 Å². The first-order valence-electron chi connectivity index (χ1n) is 19.8. The molecule has 0 bridgehead atoms. The Balaban J connectivity index is 1.21. The van der Waals surface area contributed by atoms with Crippen LogP contribution in [0.3, 0.4) is 0 Å². The van der Waals surface area contributed by atoms with Crippen LogP contribution in [0, 0.1) is 79.3 Å². The number of para-hydroxylation sites is 2. The number of nitrogens with zero attached hydrogens (tertiary/aromatic N) is 10.